The van der Waals surface area contributed by atoms with Crippen molar-refractivity contribution in [2.75, 3.05) is 31.1 Å². The van der Waals surface area contributed by atoms with E-state index in [9.17, 15) is 4.79 Å². The average molecular weight is 324 g/mol. The number of nitrogens with zero attached hydrogens (tertiary/aromatic N) is 4. The molecule has 5 heteroatoms. The summed E-state index contributed by atoms with van der Waals surface area (Å²) >= 11 is 0. The highest BCUT2D eigenvalue weighted by molar-refractivity contribution is 5.96. The van der Waals surface area contributed by atoms with E-state index in [0.717, 1.165) is 51.1 Å². The van der Waals surface area contributed by atoms with Crippen molar-refractivity contribution in [3.8, 4) is 0 Å². The highest BCUT2D eigenvalue weighted by Crippen LogP contribution is 2.28. The summed E-state index contributed by atoms with van der Waals surface area (Å²) in [6, 6.07) is 8.27. The Labute approximate surface area is 142 Å². The number of aromatic nitrogens is 2. The van der Waals surface area contributed by atoms with Crippen LogP contribution in [-0.2, 0) is 17.8 Å². The van der Waals surface area contributed by atoms with Crippen LogP contribution >= 0.6 is 0 Å². The van der Waals surface area contributed by atoms with Crippen LogP contribution in [0.15, 0.2) is 43.0 Å². The van der Waals surface area contributed by atoms with Crippen LogP contribution < -0.4 is 4.90 Å². The Bertz CT molecular complexity index is 689. The molecular weight excluding hydrogens is 300 g/mol. The number of imidazole rings is 1. The van der Waals surface area contributed by atoms with Gasteiger partial charge in [0.25, 0.3) is 0 Å². The summed E-state index contributed by atoms with van der Waals surface area (Å²) in [5.41, 5.74) is 2.40. The van der Waals surface area contributed by atoms with Crippen molar-refractivity contribution in [3.05, 3.63) is 48.5 Å². The van der Waals surface area contributed by atoms with Gasteiger partial charge in [0.2, 0.25) is 5.91 Å². The smallest absolute Gasteiger partial charge is 0.241 e. The molecule has 126 valence electrons. The molecule has 3 heterocycles. The fourth-order valence-electron chi connectivity index (χ4n) is 3.89. The summed E-state index contributed by atoms with van der Waals surface area (Å²) < 4.78 is 2.16. The van der Waals surface area contributed by atoms with Crippen molar-refractivity contribution >= 4 is 11.6 Å². The summed E-state index contributed by atoms with van der Waals surface area (Å²) in [6.07, 6.45) is 9.04. The third kappa shape index (κ3) is 3.22. The molecule has 1 aromatic carbocycles. The first kappa shape index (κ1) is 15.4. The molecule has 1 amide bonds. The Morgan fingerprint density at radius 1 is 1.17 bits per heavy atom. The van der Waals surface area contributed by atoms with E-state index in [0.29, 0.717) is 12.5 Å². The van der Waals surface area contributed by atoms with Gasteiger partial charge in [0, 0.05) is 31.2 Å². The molecule has 0 radical (unpaired) electrons. The van der Waals surface area contributed by atoms with Crippen LogP contribution in [0.25, 0.3) is 0 Å². The molecule has 0 spiro atoms. The fourth-order valence-corrected chi connectivity index (χ4v) is 3.89. The fraction of sp³-hybridized carbons (Fsp3) is 0.474. The zero-order valence-electron chi connectivity index (χ0n) is 14.0. The molecule has 4 rings (SSSR count). The van der Waals surface area contributed by atoms with E-state index in [1.54, 1.807) is 0 Å². The molecule has 5 nitrogen and oxygen atoms in total. The summed E-state index contributed by atoms with van der Waals surface area (Å²) in [4.78, 5) is 21.1. The van der Waals surface area contributed by atoms with Crippen molar-refractivity contribution in [2.45, 2.75) is 25.8 Å². The van der Waals surface area contributed by atoms with Gasteiger partial charge < -0.3 is 9.47 Å². The summed E-state index contributed by atoms with van der Waals surface area (Å²) in [5.74, 6) is 0.936. The van der Waals surface area contributed by atoms with E-state index < -0.39 is 0 Å². The quantitative estimate of drug-likeness (QED) is 0.866. The molecule has 24 heavy (non-hydrogen) atoms. The molecule has 0 unspecified atom stereocenters. The topological polar surface area (TPSA) is 41.4 Å². The SMILES string of the molecule is O=C(CN1CCC(Cn2ccnc2)CC1)N1CCc2ccccc21. The molecule has 2 aromatic rings. The summed E-state index contributed by atoms with van der Waals surface area (Å²) in [5, 5.41) is 0. The van der Waals surface area contributed by atoms with Gasteiger partial charge in [-0.2, -0.15) is 0 Å². The number of hydrogen-bond donors (Lipinski definition) is 0. The molecule has 0 bridgehead atoms. The predicted octanol–water partition coefficient (Wildman–Crippen LogP) is 2.18. The molecule has 1 aromatic heterocycles. The number of rotatable bonds is 4. The molecule has 1 saturated heterocycles. The number of piperidine rings is 1. The van der Waals surface area contributed by atoms with Gasteiger partial charge in [-0.15, -0.1) is 0 Å². The van der Waals surface area contributed by atoms with E-state index in [1.807, 2.05) is 29.7 Å². The number of carbonyl (C=O) groups excluding carboxylic acids is 1. The molecular formula is C19H24N4O. The predicted molar refractivity (Wildman–Crippen MR) is 93.9 cm³/mol. The lowest BCUT2D eigenvalue weighted by Gasteiger charge is -2.32. The molecule has 0 N–H and O–H groups in total. The molecule has 0 atom stereocenters. The van der Waals surface area contributed by atoms with E-state index >= 15 is 0 Å². The van der Waals surface area contributed by atoms with Crippen LogP contribution in [0.3, 0.4) is 0 Å². The maximum Gasteiger partial charge on any atom is 0.241 e. The molecule has 0 aliphatic carbocycles. The maximum absolute atomic E-state index is 12.7. The van der Waals surface area contributed by atoms with Crippen LogP contribution in [0.1, 0.15) is 18.4 Å². The monoisotopic (exact) mass is 324 g/mol. The van der Waals surface area contributed by atoms with E-state index in [2.05, 4.69) is 32.7 Å². The summed E-state index contributed by atoms with van der Waals surface area (Å²) in [7, 11) is 0. The maximum atomic E-state index is 12.7. The van der Waals surface area contributed by atoms with Gasteiger partial charge in [0.05, 0.1) is 12.9 Å². The van der Waals surface area contributed by atoms with Crippen LogP contribution in [0, 0.1) is 5.92 Å². The minimum atomic E-state index is 0.244. The highest BCUT2D eigenvalue weighted by Gasteiger charge is 2.27. The van der Waals surface area contributed by atoms with Crippen molar-refractivity contribution < 1.29 is 4.79 Å². The van der Waals surface area contributed by atoms with Gasteiger partial charge in [0.1, 0.15) is 0 Å². The van der Waals surface area contributed by atoms with Crippen molar-refractivity contribution in [1.29, 1.82) is 0 Å². The Morgan fingerprint density at radius 3 is 2.79 bits per heavy atom. The number of para-hydroxylation sites is 1. The molecule has 0 saturated carbocycles. The average Bonchev–Trinajstić information content (AvgIpc) is 3.26. The lowest BCUT2D eigenvalue weighted by molar-refractivity contribution is -0.120. The van der Waals surface area contributed by atoms with Crippen molar-refractivity contribution in [1.82, 2.24) is 14.5 Å². The number of fused-ring (bicyclic) bond motifs is 1. The number of likely N-dealkylation sites (tertiary alicyclic amines) is 1. The van der Waals surface area contributed by atoms with Gasteiger partial charge in [-0.05, 0) is 49.9 Å². The second kappa shape index (κ2) is 6.77. The number of hydrogen-bond acceptors (Lipinski definition) is 3. The third-order valence-corrected chi connectivity index (χ3v) is 5.28. The minimum absolute atomic E-state index is 0.244. The third-order valence-electron chi connectivity index (χ3n) is 5.28. The number of carbonyl (C=O) groups is 1. The second-order valence-corrected chi connectivity index (χ2v) is 6.90. The molecule has 2 aliphatic rings. The first-order valence-electron chi connectivity index (χ1n) is 8.86. The normalized spacial score (nSPS) is 18.8. The standard InChI is InChI=1S/C19H24N4O/c24-19(23-11-7-17-3-1-2-4-18(17)23)14-21-9-5-16(6-10-21)13-22-12-8-20-15-22/h1-4,8,12,15-16H,5-7,9-11,13-14H2. The van der Waals surface area contributed by atoms with Gasteiger partial charge in [-0.25, -0.2) is 4.98 Å². The van der Waals surface area contributed by atoms with Crippen LogP contribution in [0.2, 0.25) is 0 Å². The van der Waals surface area contributed by atoms with Crippen molar-refractivity contribution in [2.24, 2.45) is 5.92 Å². The lowest BCUT2D eigenvalue weighted by Crippen LogP contribution is -2.43. The molecule has 1 fully saturated rings. The first-order valence-corrected chi connectivity index (χ1v) is 8.86. The van der Waals surface area contributed by atoms with E-state index in [1.165, 1.54) is 5.56 Å². The Kier molecular flexibility index (Phi) is 4.34. The van der Waals surface area contributed by atoms with Crippen LogP contribution in [0.5, 0.6) is 0 Å². The zero-order chi connectivity index (χ0) is 16.4. The summed E-state index contributed by atoms with van der Waals surface area (Å²) in [6.45, 7) is 4.45. The van der Waals surface area contributed by atoms with Gasteiger partial charge in [-0.1, -0.05) is 18.2 Å². The largest absolute Gasteiger partial charge is 0.337 e. The van der Waals surface area contributed by atoms with Gasteiger partial charge in [0.15, 0.2) is 0 Å². The zero-order valence-corrected chi connectivity index (χ0v) is 14.0. The Hall–Kier alpha value is -2.14. The van der Waals surface area contributed by atoms with Gasteiger partial charge in [-0.3, -0.25) is 9.69 Å². The lowest BCUT2D eigenvalue weighted by atomic mass is 9.97. The Balaban J connectivity index is 1.29. The number of anilines is 1. The first-order chi connectivity index (χ1) is 11.8. The minimum Gasteiger partial charge on any atom is -0.337 e. The van der Waals surface area contributed by atoms with Crippen LogP contribution in [-0.4, -0.2) is 46.5 Å². The molecule has 2 aliphatic heterocycles. The highest BCUT2D eigenvalue weighted by atomic mass is 16.2. The number of amides is 1. The van der Waals surface area contributed by atoms with E-state index in [-0.39, 0.29) is 5.91 Å². The van der Waals surface area contributed by atoms with E-state index in [4.69, 9.17) is 0 Å². The Morgan fingerprint density at radius 2 is 2.00 bits per heavy atom. The van der Waals surface area contributed by atoms with Crippen LogP contribution in [0.4, 0.5) is 5.69 Å². The number of benzene rings is 1. The second-order valence-electron chi connectivity index (χ2n) is 6.90. The van der Waals surface area contributed by atoms with Crippen molar-refractivity contribution in [3.63, 3.8) is 0 Å². The van der Waals surface area contributed by atoms with Gasteiger partial charge >= 0.3 is 0 Å².